The van der Waals surface area contributed by atoms with Crippen molar-refractivity contribution in [1.29, 1.82) is 0 Å². The van der Waals surface area contributed by atoms with Crippen molar-refractivity contribution in [3.05, 3.63) is 0 Å². The molecule has 3 heteroatoms. The molecule has 0 bridgehead atoms. The van der Waals surface area contributed by atoms with Gasteiger partial charge in [0.1, 0.15) is 5.60 Å². The van der Waals surface area contributed by atoms with Gasteiger partial charge in [-0.3, -0.25) is 0 Å². The SMILES string of the molecule is NC1CCOC2(COC2)C1. The number of hydrogen-bond acceptors (Lipinski definition) is 3. The van der Waals surface area contributed by atoms with Crippen LogP contribution < -0.4 is 5.73 Å². The molecular weight excluding hydrogens is 130 g/mol. The number of rotatable bonds is 0. The molecule has 2 aliphatic rings. The van der Waals surface area contributed by atoms with Crippen molar-refractivity contribution in [2.75, 3.05) is 19.8 Å². The van der Waals surface area contributed by atoms with Gasteiger partial charge in [0.2, 0.25) is 0 Å². The van der Waals surface area contributed by atoms with Gasteiger partial charge in [0.05, 0.1) is 13.2 Å². The Bertz CT molecular complexity index is 134. The highest BCUT2D eigenvalue weighted by Gasteiger charge is 2.43. The molecule has 2 fully saturated rings. The van der Waals surface area contributed by atoms with Crippen molar-refractivity contribution < 1.29 is 9.47 Å². The number of ether oxygens (including phenoxy) is 2. The molecule has 10 heavy (non-hydrogen) atoms. The molecule has 0 aromatic carbocycles. The average molecular weight is 143 g/mol. The zero-order valence-corrected chi connectivity index (χ0v) is 6.01. The van der Waals surface area contributed by atoms with E-state index < -0.39 is 0 Å². The fraction of sp³-hybridized carbons (Fsp3) is 1.00. The van der Waals surface area contributed by atoms with Crippen molar-refractivity contribution >= 4 is 0 Å². The van der Waals surface area contributed by atoms with Gasteiger partial charge in [0.25, 0.3) is 0 Å². The molecular formula is C7H13NO2. The molecule has 0 saturated carbocycles. The summed E-state index contributed by atoms with van der Waals surface area (Å²) in [5.74, 6) is 0. The van der Waals surface area contributed by atoms with Crippen LogP contribution in [-0.2, 0) is 9.47 Å². The van der Waals surface area contributed by atoms with E-state index in [2.05, 4.69) is 0 Å². The lowest BCUT2D eigenvalue weighted by Gasteiger charge is -2.45. The standard InChI is InChI=1S/C7H13NO2/c8-6-1-2-10-7(3-6)4-9-5-7/h6H,1-5,8H2. The highest BCUT2D eigenvalue weighted by Crippen LogP contribution is 2.30. The van der Waals surface area contributed by atoms with Gasteiger partial charge in [-0.2, -0.15) is 0 Å². The molecule has 0 radical (unpaired) electrons. The second-order valence-electron chi connectivity index (χ2n) is 3.28. The molecule has 3 nitrogen and oxygen atoms in total. The van der Waals surface area contributed by atoms with Crippen LogP contribution in [0.5, 0.6) is 0 Å². The Labute approximate surface area is 60.5 Å². The summed E-state index contributed by atoms with van der Waals surface area (Å²) in [6, 6.07) is 0.331. The fourth-order valence-electron chi connectivity index (χ4n) is 1.60. The van der Waals surface area contributed by atoms with Crippen molar-refractivity contribution in [3.8, 4) is 0 Å². The van der Waals surface area contributed by atoms with Crippen LogP contribution in [0.25, 0.3) is 0 Å². The lowest BCUT2D eigenvalue weighted by Crippen LogP contribution is -2.57. The molecule has 2 saturated heterocycles. The van der Waals surface area contributed by atoms with Gasteiger partial charge in [-0.15, -0.1) is 0 Å². The highest BCUT2D eigenvalue weighted by molar-refractivity contribution is 4.93. The topological polar surface area (TPSA) is 44.5 Å². The molecule has 0 aromatic rings. The molecule has 2 N–H and O–H groups in total. The molecule has 2 rings (SSSR count). The summed E-state index contributed by atoms with van der Waals surface area (Å²) in [5, 5.41) is 0. The predicted octanol–water partition coefficient (Wildman–Crippen LogP) is -0.107. The minimum absolute atomic E-state index is 0.0255. The monoisotopic (exact) mass is 143 g/mol. The Kier molecular flexibility index (Phi) is 1.44. The number of nitrogens with two attached hydrogens (primary N) is 1. The third-order valence-corrected chi connectivity index (χ3v) is 2.26. The van der Waals surface area contributed by atoms with Gasteiger partial charge in [-0.05, 0) is 12.8 Å². The second kappa shape index (κ2) is 2.19. The minimum atomic E-state index is 0.0255. The molecule has 2 aliphatic heterocycles. The van der Waals surface area contributed by atoms with Crippen molar-refractivity contribution in [1.82, 2.24) is 0 Å². The Balaban J connectivity index is 1.96. The van der Waals surface area contributed by atoms with E-state index in [4.69, 9.17) is 15.2 Å². The average Bonchev–Trinajstić information content (AvgIpc) is 1.85. The van der Waals surface area contributed by atoms with E-state index >= 15 is 0 Å². The van der Waals surface area contributed by atoms with E-state index in [1.807, 2.05) is 0 Å². The van der Waals surface area contributed by atoms with E-state index in [1.165, 1.54) is 0 Å². The Morgan fingerprint density at radius 2 is 2.20 bits per heavy atom. The first-order valence-electron chi connectivity index (χ1n) is 3.78. The van der Waals surface area contributed by atoms with Crippen LogP contribution in [0, 0.1) is 0 Å². The summed E-state index contributed by atoms with van der Waals surface area (Å²) >= 11 is 0. The van der Waals surface area contributed by atoms with Gasteiger partial charge in [0, 0.05) is 12.6 Å². The summed E-state index contributed by atoms with van der Waals surface area (Å²) in [6.07, 6.45) is 1.98. The molecule has 1 spiro atoms. The van der Waals surface area contributed by atoms with Gasteiger partial charge in [-0.25, -0.2) is 0 Å². The third kappa shape index (κ3) is 0.944. The van der Waals surface area contributed by atoms with Crippen molar-refractivity contribution in [3.63, 3.8) is 0 Å². The normalized spacial score (nSPS) is 37.5. The van der Waals surface area contributed by atoms with E-state index in [1.54, 1.807) is 0 Å². The van der Waals surface area contributed by atoms with Crippen LogP contribution in [-0.4, -0.2) is 31.5 Å². The first kappa shape index (κ1) is 6.58. The Hall–Kier alpha value is -0.120. The van der Waals surface area contributed by atoms with Gasteiger partial charge in [-0.1, -0.05) is 0 Å². The lowest BCUT2D eigenvalue weighted by atomic mass is 9.89. The van der Waals surface area contributed by atoms with E-state index in [-0.39, 0.29) is 5.60 Å². The largest absolute Gasteiger partial charge is 0.375 e. The molecule has 2 heterocycles. The van der Waals surface area contributed by atoms with E-state index in [0.29, 0.717) is 6.04 Å². The molecule has 0 amide bonds. The lowest BCUT2D eigenvalue weighted by molar-refractivity contribution is -0.228. The van der Waals surface area contributed by atoms with E-state index in [0.717, 1.165) is 32.7 Å². The summed E-state index contributed by atoms with van der Waals surface area (Å²) in [5.41, 5.74) is 5.81. The van der Waals surface area contributed by atoms with Crippen LogP contribution in [0.15, 0.2) is 0 Å². The highest BCUT2D eigenvalue weighted by atomic mass is 16.6. The summed E-state index contributed by atoms with van der Waals surface area (Å²) in [4.78, 5) is 0. The van der Waals surface area contributed by atoms with Crippen LogP contribution in [0.1, 0.15) is 12.8 Å². The van der Waals surface area contributed by atoms with Gasteiger partial charge in [0.15, 0.2) is 0 Å². The molecule has 0 aromatic heterocycles. The maximum absolute atomic E-state index is 5.78. The Morgan fingerprint density at radius 3 is 2.60 bits per heavy atom. The molecule has 1 unspecified atom stereocenters. The van der Waals surface area contributed by atoms with Gasteiger partial charge < -0.3 is 15.2 Å². The predicted molar refractivity (Wildman–Crippen MR) is 36.7 cm³/mol. The van der Waals surface area contributed by atoms with Crippen LogP contribution in [0.3, 0.4) is 0 Å². The fourth-order valence-corrected chi connectivity index (χ4v) is 1.60. The van der Waals surface area contributed by atoms with Crippen molar-refractivity contribution in [2.45, 2.75) is 24.5 Å². The maximum atomic E-state index is 5.78. The summed E-state index contributed by atoms with van der Waals surface area (Å²) < 4.78 is 10.7. The zero-order chi connectivity index (χ0) is 7.03. The minimum Gasteiger partial charge on any atom is -0.375 e. The van der Waals surface area contributed by atoms with E-state index in [9.17, 15) is 0 Å². The van der Waals surface area contributed by atoms with Crippen LogP contribution in [0.4, 0.5) is 0 Å². The van der Waals surface area contributed by atoms with Crippen molar-refractivity contribution in [2.24, 2.45) is 5.73 Å². The maximum Gasteiger partial charge on any atom is 0.116 e. The first-order valence-corrected chi connectivity index (χ1v) is 3.78. The molecule has 1 atom stereocenters. The smallest absolute Gasteiger partial charge is 0.116 e. The van der Waals surface area contributed by atoms with Crippen LogP contribution >= 0.6 is 0 Å². The summed E-state index contributed by atoms with van der Waals surface area (Å²) in [7, 11) is 0. The number of hydrogen-bond donors (Lipinski definition) is 1. The third-order valence-electron chi connectivity index (χ3n) is 2.26. The Morgan fingerprint density at radius 1 is 1.40 bits per heavy atom. The van der Waals surface area contributed by atoms with Gasteiger partial charge >= 0.3 is 0 Å². The quantitative estimate of drug-likeness (QED) is 0.514. The molecule has 58 valence electrons. The van der Waals surface area contributed by atoms with Crippen LogP contribution in [0.2, 0.25) is 0 Å². The second-order valence-corrected chi connectivity index (χ2v) is 3.28. The molecule has 0 aliphatic carbocycles. The first-order chi connectivity index (χ1) is 4.81. The zero-order valence-electron chi connectivity index (χ0n) is 6.01. The summed E-state index contributed by atoms with van der Waals surface area (Å²) in [6.45, 7) is 2.31.